The molecule has 0 unspecified atom stereocenters. The van der Waals surface area contributed by atoms with Crippen molar-refractivity contribution in [2.75, 3.05) is 36.2 Å². The van der Waals surface area contributed by atoms with Crippen molar-refractivity contribution in [2.24, 2.45) is 0 Å². The van der Waals surface area contributed by atoms with E-state index in [1.54, 1.807) is 18.3 Å². The molecule has 2 heterocycles. The van der Waals surface area contributed by atoms with E-state index in [-0.39, 0.29) is 38.0 Å². The lowest BCUT2D eigenvalue weighted by molar-refractivity contribution is -0.122. The third-order valence-electron chi connectivity index (χ3n) is 7.70. The van der Waals surface area contributed by atoms with Crippen molar-refractivity contribution >= 4 is 50.3 Å². The Bertz CT molecular complexity index is 1810. The van der Waals surface area contributed by atoms with Crippen LogP contribution in [0.5, 0.6) is 5.88 Å². The molecule has 1 fully saturated rings. The molecule has 0 radical (unpaired) electrons. The van der Waals surface area contributed by atoms with E-state index in [4.69, 9.17) is 32.5 Å². The first kappa shape index (κ1) is 33.5. The fourth-order valence-electron chi connectivity index (χ4n) is 5.24. The van der Waals surface area contributed by atoms with Crippen LogP contribution in [0.2, 0.25) is 10.0 Å². The molecule has 1 aliphatic carbocycles. The summed E-state index contributed by atoms with van der Waals surface area (Å²) in [5, 5.41) is 7.19. The first-order valence-corrected chi connectivity index (χ1v) is 16.4. The van der Waals surface area contributed by atoms with Crippen LogP contribution in [0.25, 0.3) is 11.5 Å². The topological polar surface area (TPSA) is 128 Å². The number of pyridine rings is 1. The van der Waals surface area contributed by atoms with Crippen LogP contribution in [0, 0.1) is 0 Å². The van der Waals surface area contributed by atoms with Gasteiger partial charge in [0.1, 0.15) is 6.54 Å². The van der Waals surface area contributed by atoms with Gasteiger partial charge in [0.05, 0.1) is 35.3 Å². The molecule has 46 heavy (non-hydrogen) atoms. The molecule has 0 aliphatic heterocycles. The highest BCUT2D eigenvalue weighted by Gasteiger charge is 2.47. The quantitative estimate of drug-likeness (QED) is 0.182. The average Bonchev–Trinajstić information content (AvgIpc) is 3.47. The lowest BCUT2D eigenvalue weighted by Crippen LogP contribution is -2.40. The highest BCUT2D eigenvalue weighted by atomic mass is 35.5. The van der Waals surface area contributed by atoms with Gasteiger partial charge in [-0.05, 0) is 55.3 Å². The van der Waals surface area contributed by atoms with Crippen molar-refractivity contribution in [1.29, 1.82) is 0 Å². The molecule has 244 valence electrons. The Hall–Kier alpha value is -3.88. The number of amides is 1. The first-order valence-electron chi connectivity index (χ1n) is 14.0. The van der Waals surface area contributed by atoms with Gasteiger partial charge in [0, 0.05) is 39.2 Å². The Morgan fingerprint density at radius 3 is 2.30 bits per heavy atom. The van der Waals surface area contributed by atoms with Crippen molar-refractivity contribution in [2.45, 2.75) is 42.7 Å². The summed E-state index contributed by atoms with van der Waals surface area (Å²) in [5.74, 6) is 0.118. The molecule has 2 aromatic carbocycles. The molecular formula is C30H28Cl2F3N5O5S. The van der Waals surface area contributed by atoms with E-state index in [9.17, 15) is 26.4 Å². The van der Waals surface area contributed by atoms with E-state index in [0.29, 0.717) is 35.7 Å². The number of ether oxygens (including phenoxy) is 1. The maximum atomic E-state index is 13.4. The van der Waals surface area contributed by atoms with Crippen LogP contribution in [0.15, 0.2) is 64.1 Å². The van der Waals surface area contributed by atoms with E-state index in [2.05, 4.69) is 20.4 Å². The fourth-order valence-corrected chi connectivity index (χ4v) is 6.97. The number of nitrogens with zero attached hydrogens (tertiary/aromatic N) is 4. The van der Waals surface area contributed by atoms with Gasteiger partial charge in [-0.3, -0.25) is 4.79 Å². The number of sulfone groups is 1. The maximum absolute atomic E-state index is 13.4. The van der Waals surface area contributed by atoms with Crippen molar-refractivity contribution < 1.29 is 35.6 Å². The minimum atomic E-state index is -4.64. The second-order valence-corrected chi connectivity index (χ2v) is 13.8. The zero-order valence-electron chi connectivity index (χ0n) is 24.6. The summed E-state index contributed by atoms with van der Waals surface area (Å²) < 4.78 is 75.1. The monoisotopic (exact) mass is 697 g/mol. The summed E-state index contributed by atoms with van der Waals surface area (Å²) in [6, 6.07) is 11.2. The Kier molecular flexibility index (Phi) is 9.52. The zero-order chi connectivity index (χ0) is 33.3. The number of methoxy groups -OCH3 is 1. The molecule has 1 aliphatic rings. The summed E-state index contributed by atoms with van der Waals surface area (Å²) in [5.41, 5.74) is 0.574. The molecule has 10 nitrogen and oxygen atoms in total. The van der Waals surface area contributed by atoms with E-state index < -0.39 is 40.4 Å². The lowest BCUT2D eigenvalue weighted by Gasteiger charge is -2.40. The summed E-state index contributed by atoms with van der Waals surface area (Å²) in [6.07, 6.45) is -0.994. The molecule has 4 aromatic rings. The number of anilines is 2. The standard InChI is InChI=1S/C30H28Cl2F3N5O5S/c1-3-46(42,43)21-8-6-20(7-9-21)40(17-30(33,34)35)16-24(41)37-19-13-22(31)26(23(32)14-19)29(11-4-12-29)28-38-27(45-39-28)18-5-10-25(44-2)36-15-18/h5-10,13-15H,3-4,11-12,16-17H2,1-2H3,(H,37,41). The number of halogens is 5. The van der Waals surface area contributed by atoms with Gasteiger partial charge in [-0.1, -0.05) is 41.7 Å². The van der Waals surface area contributed by atoms with Crippen molar-refractivity contribution in [1.82, 2.24) is 15.1 Å². The predicted octanol–water partition coefficient (Wildman–Crippen LogP) is 6.72. The molecule has 0 bridgehead atoms. The van der Waals surface area contributed by atoms with Crippen LogP contribution < -0.4 is 15.0 Å². The van der Waals surface area contributed by atoms with E-state index in [1.807, 2.05) is 0 Å². The van der Waals surface area contributed by atoms with Crippen molar-refractivity contribution in [3.63, 3.8) is 0 Å². The van der Waals surface area contributed by atoms with E-state index in [0.717, 1.165) is 11.3 Å². The molecule has 16 heteroatoms. The number of hydrogen-bond acceptors (Lipinski definition) is 9. The summed E-state index contributed by atoms with van der Waals surface area (Å²) in [6.45, 7) is -0.668. The first-order chi connectivity index (χ1) is 21.7. The van der Waals surface area contributed by atoms with Gasteiger partial charge >= 0.3 is 6.18 Å². The third-order valence-corrected chi connectivity index (χ3v) is 10.1. The zero-order valence-corrected chi connectivity index (χ0v) is 26.9. The van der Waals surface area contributed by atoms with Gasteiger partial charge in [0.2, 0.25) is 11.8 Å². The van der Waals surface area contributed by atoms with Gasteiger partial charge in [-0.2, -0.15) is 18.2 Å². The molecule has 5 rings (SSSR count). The van der Waals surface area contributed by atoms with Gasteiger partial charge in [-0.15, -0.1) is 0 Å². The number of aromatic nitrogens is 3. The Labute approximate surface area is 272 Å². The Morgan fingerprint density at radius 2 is 1.78 bits per heavy atom. The van der Waals surface area contributed by atoms with Gasteiger partial charge in [0.25, 0.3) is 5.89 Å². The smallest absolute Gasteiger partial charge is 0.405 e. The lowest BCUT2D eigenvalue weighted by atomic mass is 9.64. The molecule has 1 N–H and O–H groups in total. The molecule has 1 amide bonds. The molecule has 0 atom stereocenters. The third kappa shape index (κ3) is 7.08. The fraction of sp³-hybridized carbons (Fsp3) is 0.333. The maximum Gasteiger partial charge on any atom is 0.405 e. The summed E-state index contributed by atoms with van der Waals surface area (Å²) in [7, 11) is -2.05. The Morgan fingerprint density at radius 1 is 1.11 bits per heavy atom. The normalized spacial score (nSPS) is 14.4. The van der Waals surface area contributed by atoms with Crippen LogP contribution in [-0.2, 0) is 20.0 Å². The Balaban J connectivity index is 1.35. The molecule has 0 saturated heterocycles. The van der Waals surface area contributed by atoms with Crippen LogP contribution in [0.4, 0.5) is 24.5 Å². The summed E-state index contributed by atoms with van der Waals surface area (Å²) >= 11 is 13.4. The number of rotatable bonds is 11. The van der Waals surface area contributed by atoms with Crippen LogP contribution in [0.1, 0.15) is 37.6 Å². The summed E-state index contributed by atoms with van der Waals surface area (Å²) in [4.78, 5) is 22.5. The second-order valence-electron chi connectivity index (χ2n) is 10.7. The number of alkyl halides is 3. The van der Waals surface area contributed by atoms with Crippen molar-refractivity contribution in [3.8, 4) is 17.3 Å². The molecule has 0 spiro atoms. The minimum Gasteiger partial charge on any atom is -0.481 e. The second kappa shape index (κ2) is 13.1. The average molecular weight is 699 g/mol. The number of carbonyl (C=O) groups excluding carboxylic acids is 1. The van der Waals surface area contributed by atoms with Crippen LogP contribution >= 0.6 is 23.2 Å². The molecular weight excluding hydrogens is 670 g/mol. The minimum absolute atomic E-state index is 0.0192. The number of nitrogens with one attached hydrogen (secondary N) is 1. The van der Waals surface area contributed by atoms with Gasteiger partial charge < -0.3 is 19.5 Å². The van der Waals surface area contributed by atoms with Gasteiger partial charge in [0.15, 0.2) is 15.7 Å². The molecule has 1 saturated carbocycles. The largest absolute Gasteiger partial charge is 0.481 e. The van der Waals surface area contributed by atoms with Gasteiger partial charge in [-0.25, -0.2) is 13.4 Å². The number of hydrogen-bond donors (Lipinski definition) is 1. The number of carbonyl (C=O) groups is 1. The SMILES string of the molecule is CCS(=O)(=O)c1ccc(N(CC(=O)Nc2cc(Cl)c(C3(c4noc(-c5ccc(OC)nc5)n4)CCC3)c(Cl)c2)CC(F)(F)F)cc1. The number of benzene rings is 2. The van der Waals surface area contributed by atoms with Crippen molar-refractivity contribution in [3.05, 3.63) is 76.2 Å². The highest BCUT2D eigenvalue weighted by molar-refractivity contribution is 7.91. The predicted molar refractivity (Wildman–Crippen MR) is 166 cm³/mol. The van der Waals surface area contributed by atoms with Crippen LogP contribution in [-0.4, -0.2) is 61.6 Å². The van der Waals surface area contributed by atoms with E-state index in [1.165, 1.54) is 50.4 Å². The van der Waals surface area contributed by atoms with Crippen LogP contribution in [0.3, 0.4) is 0 Å². The van der Waals surface area contributed by atoms with E-state index >= 15 is 0 Å². The molecule has 2 aromatic heterocycles. The highest BCUT2D eigenvalue weighted by Crippen LogP contribution is 2.53.